The second-order valence-corrected chi connectivity index (χ2v) is 8.19. The smallest absolute Gasteiger partial charge is 0.207 e. The molecule has 1 aromatic heterocycles. The number of thiophene rings is 1. The standard InChI is InChI=1S/C13H11ClFNO2S2/c14-13-7-9-8-16(6-5-11(9)19-13)20(17,18)12-4-2-1-3-10(12)15/h1-4,7H,5-6,8H2. The van der Waals surface area contributed by atoms with Crippen molar-refractivity contribution in [3.05, 3.63) is 50.9 Å². The molecule has 1 aromatic carbocycles. The number of halogens is 2. The molecule has 0 bridgehead atoms. The molecule has 20 heavy (non-hydrogen) atoms. The Morgan fingerprint density at radius 2 is 2.05 bits per heavy atom. The van der Waals surface area contributed by atoms with E-state index in [1.165, 1.54) is 33.8 Å². The van der Waals surface area contributed by atoms with Crippen LogP contribution < -0.4 is 0 Å². The third kappa shape index (κ3) is 2.37. The van der Waals surface area contributed by atoms with E-state index >= 15 is 0 Å². The van der Waals surface area contributed by atoms with Crippen molar-refractivity contribution in [3.63, 3.8) is 0 Å². The minimum atomic E-state index is -3.81. The van der Waals surface area contributed by atoms with E-state index in [4.69, 9.17) is 11.6 Å². The van der Waals surface area contributed by atoms with E-state index in [0.717, 1.165) is 16.5 Å². The third-order valence-electron chi connectivity index (χ3n) is 3.26. The fourth-order valence-corrected chi connectivity index (χ4v) is 5.05. The predicted molar refractivity (Wildman–Crippen MR) is 77.0 cm³/mol. The van der Waals surface area contributed by atoms with Crippen LogP contribution in [0.1, 0.15) is 10.4 Å². The van der Waals surface area contributed by atoms with Gasteiger partial charge in [-0.25, -0.2) is 12.8 Å². The monoisotopic (exact) mass is 331 g/mol. The van der Waals surface area contributed by atoms with Crippen molar-refractivity contribution in [2.24, 2.45) is 0 Å². The summed E-state index contributed by atoms with van der Waals surface area (Å²) in [7, 11) is -3.81. The fraction of sp³-hybridized carbons (Fsp3) is 0.231. The maximum Gasteiger partial charge on any atom is 0.246 e. The second-order valence-electron chi connectivity index (χ2n) is 4.52. The van der Waals surface area contributed by atoms with Gasteiger partial charge in [0.2, 0.25) is 10.0 Å². The van der Waals surface area contributed by atoms with E-state index in [2.05, 4.69) is 0 Å². The lowest BCUT2D eigenvalue weighted by Crippen LogP contribution is -2.35. The average Bonchev–Trinajstić information content (AvgIpc) is 2.78. The Balaban J connectivity index is 1.96. The number of hydrogen-bond acceptors (Lipinski definition) is 3. The van der Waals surface area contributed by atoms with Gasteiger partial charge in [-0.2, -0.15) is 4.31 Å². The third-order valence-corrected chi connectivity index (χ3v) is 6.50. The summed E-state index contributed by atoms with van der Waals surface area (Å²) in [6.07, 6.45) is 0.612. The summed E-state index contributed by atoms with van der Waals surface area (Å²) in [5.74, 6) is -0.721. The van der Waals surface area contributed by atoms with Crippen molar-refractivity contribution >= 4 is 33.0 Å². The number of hydrogen-bond donors (Lipinski definition) is 0. The van der Waals surface area contributed by atoms with Crippen LogP contribution in [-0.4, -0.2) is 19.3 Å². The van der Waals surface area contributed by atoms with Crippen LogP contribution in [0.5, 0.6) is 0 Å². The van der Waals surface area contributed by atoms with E-state index in [-0.39, 0.29) is 11.4 Å². The molecule has 0 N–H and O–H groups in total. The average molecular weight is 332 g/mol. The lowest BCUT2D eigenvalue weighted by atomic mass is 10.1. The van der Waals surface area contributed by atoms with E-state index < -0.39 is 15.8 Å². The molecule has 0 saturated heterocycles. The highest BCUT2D eigenvalue weighted by molar-refractivity contribution is 7.89. The first-order valence-electron chi connectivity index (χ1n) is 6.00. The summed E-state index contributed by atoms with van der Waals surface area (Å²) in [6, 6.07) is 7.23. The summed E-state index contributed by atoms with van der Waals surface area (Å²) in [4.78, 5) is 0.833. The fourth-order valence-electron chi connectivity index (χ4n) is 2.27. The van der Waals surface area contributed by atoms with Crippen molar-refractivity contribution in [2.45, 2.75) is 17.9 Å². The predicted octanol–water partition coefficient (Wildman–Crippen LogP) is 3.29. The van der Waals surface area contributed by atoms with Crippen LogP contribution in [0.25, 0.3) is 0 Å². The largest absolute Gasteiger partial charge is 0.246 e. The van der Waals surface area contributed by atoms with E-state index in [0.29, 0.717) is 17.3 Å². The van der Waals surface area contributed by atoms with Gasteiger partial charge in [-0.3, -0.25) is 0 Å². The maximum absolute atomic E-state index is 13.7. The molecule has 0 saturated carbocycles. The van der Waals surface area contributed by atoms with Gasteiger partial charge in [0.05, 0.1) is 4.34 Å². The first kappa shape index (κ1) is 14.0. The molecule has 0 spiro atoms. The summed E-state index contributed by atoms with van der Waals surface area (Å²) in [5.41, 5.74) is 0.908. The maximum atomic E-state index is 13.7. The quantitative estimate of drug-likeness (QED) is 0.847. The molecule has 0 unspecified atom stereocenters. The highest BCUT2D eigenvalue weighted by Gasteiger charge is 2.31. The van der Waals surface area contributed by atoms with E-state index in [1.807, 2.05) is 0 Å². The summed E-state index contributed by atoms with van der Waals surface area (Å²) in [6.45, 7) is 0.593. The number of sulfonamides is 1. The highest BCUT2D eigenvalue weighted by atomic mass is 35.5. The summed E-state index contributed by atoms with van der Waals surface area (Å²) in [5, 5.41) is 0. The van der Waals surface area contributed by atoms with Gasteiger partial charge in [-0.05, 0) is 30.2 Å². The van der Waals surface area contributed by atoms with Gasteiger partial charge < -0.3 is 0 Å². The van der Waals surface area contributed by atoms with E-state index in [1.54, 1.807) is 6.07 Å². The molecule has 3 nitrogen and oxygen atoms in total. The lowest BCUT2D eigenvalue weighted by Gasteiger charge is -2.26. The van der Waals surface area contributed by atoms with E-state index in [9.17, 15) is 12.8 Å². The molecule has 1 aliphatic heterocycles. The minimum absolute atomic E-state index is 0.245. The lowest BCUT2D eigenvalue weighted by molar-refractivity contribution is 0.391. The van der Waals surface area contributed by atoms with Crippen LogP contribution >= 0.6 is 22.9 Å². The molecule has 0 radical (unpaired) electrons. The van der Waals surface area contributed by atoms with Gasteiger partial charge in [0.1, 0.15) is 10.7 Å². The Morgan fingerprint density at radius 1 is 1.30 bits per heavy atom. The van der Waals surface area contributed by atoms with Crippen LogP contribution in [0.3, 0.4) is 0 Å². The van der Waals surface area contributed by atoms with Gasteiger partial charge in [0.25, 0.3) is 0 Å². The summed E-state index contributed by atoms with van der Waals surface area (Å²) >= 11 is 7.42. The zero-order valence-electron chi connectivity index (χ0n) is 10.3. The molecule has 1 aliphatic rings. The first-order valence-corrected chi connectivity index (χ1v) is 8.64. The van der Waals surface area contributed by atoms with Crippen LogP contribution in [0.2, 0.25) is 4.34 Å². The Labute approximate surface area is 125 Å². The molecule has 2 heterocycles. The van der Waals surface area contributed by atoms with Gasteiger partial charge in [0.15, 0.2) is 0 Å². The van der Waals surface area contributed by atoms with Gasteiger partial charge in [-0.1, -0.05) is 23.7 Å². The molecule has 7 heteroatoms. The Hall–Kier alpha value is -0.950. The molecule has 2 aromatic rings. The molecule has 0 atom stereocenters. The number of fused-ring (bicyclic) bond motifs is 1. The highest BCUT2D eigenvalue weighted by Crippen LogP contribution is 2.33. The molecule has 3 rings (SSSR count). The van der Waals surface area contributed by atoms with Crippen LogP contribution in [0.4, 0.5) is 4.39 Å². The number of nitrogens with zero attached hydrogens (tertiary/aromatic N) is 1. The Bertz CT molecular complexity index is 757. The normalized spacial score (nSPS) is 16.1. The molecule has 0 aliphatic carbocycles. The van der Waals surface area contributed by atoms with Gasteiger partial charge >= 0.3 is 0 Å². The number of benzene rings is 1. The topological polar surface area (TPSA) is 37.4 Å². The zero-order valence-corrected chi connectivity index (χ0v) is 12.7. The zero-order chi connectivity index (χ0) is 14.3. The van der Waals surface area contributed by atoms with Crippen molar-refractivity contribution in [3.8, 4) is 0 Å². The molecular formula is C13H11ClFNO2S2. The van der Waals surface area contributed by atoms with Gasteiger partial charge in [-0.15, -0.1) is 11.3 Å². The van der Waals surface area contributed by atoms with Crippen LogP contribution in [-0.2, 0) is 23.0 Å². The molecule has 0 amide bonds. The molecule has 0 fully saturated rings. The minimum Gasteiger partial charge on any atom is -0.207 e. The first-order chi connectivity index (χ1) is 9.48. The Morgan fingerprint density at radius 3 is 2.80 bits per heavy atom. The van der Waals surface area contributed by atoms with Crippen LogP contribution in [0, 0.1) is 5.82 Å². The van der Waals surface area contributed by atoms with Crippen molar-refractivity contribution in [1.29, 1.82) is 0 Å². The second kappa shape index (κ2) is 5.11. The molecular weight excluding hydrogens is 321 g/mol. The molecule has 106 valence electrons. The Kier molecular flexibility index (Phi) is 3.58. The van der Waals surface area contributed by atoms with Crippen LogP contribution in [0.15, 0.2) is 35.2 Å². The van der Waals surface area contributed by atoms with Gasteiger partial charge in [0, 0.05) is 18.0 Å². The number of rotatable bonds is 2. The summed E-state index contributed by atoms with van der Waals surface area (Å²) < 4.78 is 40.6. The van der Waals surface area contributed by atoms with Crippen molar-refractivity contribution < 1.29 is 12.8 Å². The van der Waals surface area contributed by atoms with Crippen molar-refractivity contribution in [1.82, 2.24) is 4.31 Å². The van der Waals surface area contributed by atoms with Crippen molar-refractivity contribution in [2.75, 3.05) is 6.54 Å². The SMILES string of the molecule is O=S(=O)(c1ccccc1F)N1CCc2sc(Cl)cc2C1.